The highest BCUT2D eigenvalue weighted by atomic mass is 35.5. The zero-order valence-electron chi connectivity index (χ0n) is 11.2. The second-order valence-corrected chi connectivity index (χ2v) is 7.25. The summed E-state index contributed by atoms with van der Waals surface area (Å²) in [4.78, 5) is 13.6. The first kappa shape index (κ1) is 15.3. The fourth-order valence-electron chi connectivity index (χ4n) is 2.14. The van der Waals surface area contributed by atoms with Gasteiger partial charge in [0.05, 0.1) is 4.90 Å². The smallest absolute Gasteiger partial charge is 0.243 e. The first-order valence-electron chi connectivity index (χ1n) is 6.41. The highest BCUT2D eigenvalue weighted by molar-refractivity contribution is 7.89. The van der Waals surface area contributed by atoms with Gasteiger partial charge in [0.1, 0.15) is 5.38 Å². The predicted molar refractivity (Wildman–Crippen MR) is 77.1 cm³/mol. The molecule has 1 heterocycles. The van der Waals surface area contributed by atoms with E-state index in [1.54, 1.807) is 42.2 Å². The van der Waals surface area contributed by atoms with E-state index in [0.717, 1.165) is 0 Å². The largest absolute Gasteiger partial charge is 0.339 e. The van der Waals surface area contributed by atoms with Crippen molar-refractivity contribution >= 4 is 27.5 Å². The number of alkyl halides is 1. The molecule has 7 heteroatoms. The van der Waals surface area contributed by atoms with Gasteiger partial charge in [-0.2, -0.15) is 4.31 Å². The molecule has 0 bridgehead atoms. The van der Waals surface area contributed by atoms with Gasteiger partial charge in [-0.1, -0.05) is 18.2 Å². The fourth-order valence-corrected chi connectivity index (χ4v) is 3.72. The van der Waals surface area contributed by atoms with Crippen molar-refractivity contribution in [2.45, 2.75) is 17.2 Å². The van der Waals surface area contributed by atoms with Crippen molar-refractivity contribution < 1.29 is 13.2 Å². The van der Waals surface area contributed by atoms with Gasteiger partial charge >= 0.3 is 0 Å². The zero-order valence-corrected chi connectivity index (χ0v) is 12.8. The van der Waals surface area contributed by atoms with E-state index in [0.29, 0.717) is 26.2 Å². The second kappa shape index (κ2) is 6.11. The van der Waals surface area contributed by atoms with Crippen LogP contribution in [-0.4, -0.2) is 55.1 Å². The summed E-state index contributed by atoms with van der Waals surface area (Å²) in [6.07, 6.45) is 0. The van der Waals surface area contributed by atoms with Crippen LogP contribution < -0.4 is 0 Å². The van der Waals surface area contributed by atoms with Crippen molar-refractivity contribution in [1.29, 1.82) is 0 Å². The van der Waals surface area contributed by atoms with E-state index >= 15 is 0 Å². The lowest BCUT2D eigenvalue weighted by Gasteiger charge is -2.34. The topological polar surface area (TPSA) is 57.7 Å². The van der Waals surface area contributed by atoms with Crippen molar-refractivity contribution in [3.8, 4) is 0 Å². The summed E-state index contributed by atoms with van der Waals surface area (Å²) in [5.41, 5.74) is 0. The molecule has 0 radical (unpaired) electrons. The standard InChI is InChI=1S/C13H17ClN2O3S/c1-11(14)13(17)15-7-9-16(10-8-15)20(18,19)12-5-3-2-4-6-12/h2-6,11H,7-10H2,1H3/t11-/m1/s1. The third kappa shape index (κ3) is 3.13. The minimum atomic E-state index is -3.47. The summed E-state index contributed by atoms with van der Waals surface area (Å²) in [7, 11) is -3.47. The second-order valence-electron chi connectivity index (χ2n) is 4.66. The Morgan fingerprint density at radius 2 is 1.70 bits per heavy atom. The molecule has 110 valence electrons. The van der Waals surface area contributed by atoms with Crippen LogP contribution in [0.25, 0.3) is 0 Å². The van der Waals surface area contributed by atoms with E-state index in [9.17, 15) is 13.2 Å². The first-order chi connectivity index (χ1) is 9.43. The van der Waals surface area contributed by atoms with Crippen LogP contribution in [0.15, 0.2) is 35.2 Å². The van der Waals surface area contributed by atoms with Crippen molar-refractivity contribution in [3.05, 3.63) is 30.3 Å². The third-order valence-corrected chi connectivity index (χ3v) is 5.37. The summed E-state index contributed by atoms with van der Waals surface area (Å²) in [5, 5.41) is -0.577. The molecule has 1 aliphatic rings. The lowest BCUT2D eigenvalue weighted by Crippen LogP contribution is -2.51. The Balaban J connectivity index is 2.06. The van der Waals surface area contributed by atoms with Crippen LogP contribution in [0.2, 0.25) is 0 Å². The minimum absolute atomic E-state index is 0.150. The molecule has 1 atom stereocenters. The van der Waals surface area contributed by atoms with Gasteiger partial charge in [0.15, 0.2) is 0 Å². The summed E-state index contributed by atoms with van der Waals surface area (Å²) in [6.45, 7) is 2.97. The summed E-state index contributed by atoms with van der Waals surface area (Å²) in [6, 6.07) is 8.32. The van der Waals surface area contributed by atoms with Gasteiger partial charge in [-0.05, 0) is 19.1 Å². The molecule has 1 fully saturated rings. The van der Waals surface area contributed by atoms with Gasteiger partial charge in [-0.25, -0.2) is 8.42 Å². The minimum Gasteiger partial charge on any atom is -0.339 e. The molecule has 0 unspecified atom stereocenters. The predicted octanol–water partition coefficient (Wildman–Crippen LogP) is 1.15. The van der Waals surface area contributed by atoms with Crippen molar-refractivity contribution in [1.82, 2.24) is 9.21 Å². The van der Waals surface area contributed by atoms with E-state index in [2.05, 4.69) is 0 Å². The van der Waals surface area contributed by atoms with E-state index < -0.39 is 15.4 Å². The summed E-state index contributed by atoms with van der Waals surface area (Å²) in [5.74, 6) is -0.150. The van der Waals surface area contributed by atoms with Crippen LogP contribution in [0.4, 0.5) is 0 Å². The highest BCUT2D eigenvalue weighted by Gasteiger charge is 2.30. The number of amides is 1. The van der Waals surface area contributed by atoms with Gasteiger partial charge < -0.3 is 4.90 Å². The molecule has 20 heavy (non-hydrogen) atoms. The van der Waals surface area contributed by atoms with Gasteiger partial charge in [0.2, 0.25) is 15.9 Å². The Morgan fingerprint density at radius 3 is 2.20 bits per heavy atom. The van der Waals surface area contributed by atoms with Crippen molar-refractivity contribution in [3.63, 3.8) is 0 Å². The molecule has 0 spiro atoms. The molecule has 0 aliphatic carbocycles. The number of piperazine rings is 1. The van der Waals surface area contributed by atoms with Crippen LogP contribution in [0.1, 0.15) is 6.92 Å². The SMILES string of the molecule is C[C@@H](Cl)C(=O)N1CCN(S(=O)(=O)c2ccccc2)CC1. The van der Waals surface area contributed by atoms with Gasteiger partial charge in [-0.3, -0.25) is 4.79 Å². The maximum atomic E-state index is 12.4. The molecule has 0 N–H and O–H groups in total. The zero-order chi connectivity index (χ0) is 14.8. The molecular weight excluding hydrogens is 300 g/mol. The molecule has 1 amide bonds. The Labute approximate surface area is 124 Å². The lowest BCUT2D eigenvalue weighted by molar-refractivity contribution is -0.131. The first-order valence-corrected chi connectivity index (χ1v) is 8.28. The van der Waals surface area contributed by atoms with E-state index in [1.165, 1.54) is 4.31 Å². The molecule has 1 aromatic rings. The van der Waals surface area contributed by atoms with Gasteiger partial charge in [0.25, 0.3) is 0 Å². The van der Waals surface area contributed by atoms with Crippen LogP contribution in [0, 0.1) is 0 Å². The summed E-state index contributed by atoms with van der Waals surface area (Å²) >= 11 is 5.76. The number of hydrogen-bond donors (Lipinski definition) is 0. The molecule has 2 rings (SSSR count). The number of carbonyl (C=O) groups is 1. The highest BCUT2D eigenvalue weighted by Crippen LogP contribution is 2.17. The molecule has 0 saturated carbocycles. The van der Waals surface area contributed by atoms with Crippen LogP contribution in [-0.2, 0) is 14.8 Å². The Hall–Kier alpha value is -1.11. The number of carbonyl (C=O) groups excluding carboxylic acids is 1. The van der Waals surface area contributed by atoms with Gasteiger partial charge in [0, 0.05) is 26.2 Å². The van der Waals surface area contributed by atoms with Gasteiger partial charge in [-0.15, -0.1) is 11.6 Å². The maximum absolute atomic E-state index is 12.4. The number of rotatable bonds is 3. The van der Waals surface area contributed by atoms with Crippen LogP contribution >= 0.6 is 11.6 Å². The average Bonchev–Trinajstić information content (AvgIpc) is 2.47. The number of halogens is 1. The monoisotopic (exact) mass is 316 g/mol. The number of sulfonamides is 1. The Bertz CT molecular complexity index is 567. The molecule has 1 saturated heterocycles. The number of nitrogens with zero attached hydrogens (tertiary/aromatic N) is 2. The lowest BCUT2D eigenvalue weighted by atomic mass is 10.3. The molecule has 1 aromatic carbocycles. The Morgan fingerprint density at radius 1 is 1.15 bits per heavy atom. The van der Waals surface area contributed by atoms with Crippen LogP contribution in [0.3, 0.4) is 0 Å². The molecular formula is C13H17ClN2O3S. The van der Waals surface area contributed by atoms with Crippen LogP contribution in [0.5, 0.6) is 0 Å². The van der Waals surface area contributed by atoms with Crippen molar-refractivity contribution in [2.75, 3.05) is 26.2 Å². The fraction of sp³-hybridized carbons (Fsp3) is 0.462. The quantitative estimate of drug-likeness (QED) is 0.786. The average molecular weight is 317 g/mol. The van der Waals surface area contributed by atoms with Crippen molar-refractivity contribution in [2.24, 2.45) is 0 Å². The van der Waals surface area contributed by atoms with E-state index in [-0.39, 0.29) is 10.8 Å². The molecule has 5 nitrogen and oxygen atoms in total. The number of benzene rings is 1. The summed E-state index contributed by atoms with van der Waals surface area (Å²) < 4.78 is 26.2. The maximum Gasteiger partial charge on any atom is 0.243 e. The normalized spacial score (nSPS) is 18.8. The van der Waals surface area contributed by atoms with E-state index in [4.69, 9.17) is 11.6 Å². The molecule has 1 aliphatic heterocycles. The number of hydrogen-bond acceptors (Lipinski definition) is 3. The third-order valence-electron chi connectivity index (χ3n) is 3.27. The Kier molecular flexibility index (Phi) is 4.67. The molecule has 0 aromatic heterocycles. The van der Waals surface area contributed by atoms with E-state index in [1.807, 2.05) is 0 Å².